The zero-order chi connectivity index (χ0) is 23.3. The lowest BCUT2D eigenvalue weighted by atomic mass is 10.1. The van der Waals surface area contributed by atoms with E-state index in [0.717, 1.165) is 29.6 Å². The fraction of sp³-hybridized carbons (Fsp3) is 0.120. The molecule has 3 aromatic rings. The second kappa shape index (κ2) is 11.2. The van der Waals surface area contributed by atoms with Crippen molar-refractivity contribution in [2.45, 2.75) is 20.5 Å². The molecule has 0 fully saturated rings. The molecular formula is C25H19ClI2N2O2. The van der Waals surface area contributed by atoms with Gasteiger partial charge in [0.15, 0.2) is 0 Å². The maximum absolute atomic E-state index is 12.6. The average molecular weight is 669 g/mol. The fourth-order valence-corrected chi connectivity index (χ4v) is 5.13. The molecule has 1 amide bonds. The molecule has 3 rings (SSSR count). The van der Waals surface area contributed by atoms with Crippen molar-refractivity contribution >= 4 is 74.5 Å². The molecule has 0 radical (unpaired) electrons. The minimum atomic E-state index is -0.489. The molecule has 0 bridgehead atoms. The number of benzene rings is 3. The number of carbonyl (C=O) groups excluding carboxylic acids is 1. The van der Waals surface area contributed by atoms with E-state index in [2.05, 4.69) is 69.6 Å². The van der Waals surface area contributed by atoms with Crippen LogP contribution in [0.1, 0.15) is 22.3 Å². The summed E-state index contributed by atoms with van der Waals surface area (Å²) in [6.45, 7) is 4.40. The number of rotatable bonds is 6. The fourth-order valence-electron chi connectivity index (χ4n) is 2.82. The summed E-state index contributed by atoms with van der Waals surface area (Å²) in [6, 6.07) is 19.2. The molecule has 0 heterocycles. The highest BCUT2D eigenvalue weighted by Gasteiger charge is 2.13. The summed E-state index contributed by atoms with van der Waals surface area (Å²) in [5.74, 6) is 0.290. The lowest BCUT2D eigenvalue weighted by molar-refractivity contribution is -0.112. The molecule has 0 aliphatic carbocycles. The Morgan fingerprint density at radius 3 is 2.34 bits per heavy atom. The van der Waals surface area contributed by atoms with Crippen LogP contribution in [-0.2, 0) is 11.4 Å². The zero-order valence-electron chi connectivity index (χ0n) is 17.4. The first-order chi connectivity index (χ1) is 15.3. The molecule has 0 spiro atoms. The first-order valence-corrected chi connectivity index (χ1v) is 12.2. The molecule has 7 heteroatoms. The lowest BCUT2D eigenvalue weighted by Crippen LogP contribution is -2.13. The summed E-state index contributed by atoms with van der Waals surface area (Å²) in [5.41, 5.74) is 4.49. The standard InChI is InChI=1S/C25H19ClI2N2O2/c1-15-3-6-17(7-4-15)14-32-24-22(27)10-18(11-23(24)28)9-19(13-29)25(31)30-20-8-5-16(2)21(26)12-20/h3-12H,14H2,1-2H3,(H,30,31)/b19-9-. The van der Waals surface area contributed by atoms with Crippen LogP contribution < -0.4 is 10.1 Å². The molecule has 162 valence electrons. The van der Waals surface area contributed by atoms with E-state index < -0.39 is 5.91 Å². The molecule has 0 saturated heterocycles. The van der Waals surface area contributed by atoms with E-state index in [1.165, 1.54) is 5.56 Å². The van der Waals surface area contributed by atoms with Crippen LogP contribution in [0.4, 0.5) is 5.69 Å². The third kappa shape index (κ3) is 6.47. The number of hydrogen-bond acceptors (Lipinski definition) is 3. The quantitative estimate of drug-likeness (QED) is 0.171. The van der Waals surface area contributed by atoms with E-state index in [0.29, 0.717) is 17.3 Å². The van der Waals surface area contributed by atoms with Crippen LogP contribution in [0.3, 0.4) is 0 Å². The Balaban J connectivity index is 1.77. The maximum atomic E-state index is 12.6. The summed E-state index contributed by atoms with van der Waals surface area (Å²) in [6.07, 6.45) is 1.57. The lowest BCUT2D eigenvalue weighted by Gasteiger charge is -2.12. The maximum Gasteiger partial charge on any atom is 0.266 e. The third-order valence-corrected chi connectivity index (χ3v) is 6.64. The van der Waals surface area contributed by atoms with Gasteiger partial charge in [0.1, 0.15) is 24.0 Å². The predicted molar refractivity (Wildman–Crippen MR) is 146 cm³/mol. The number of nitrogens with one attached hydrogen (secondary N) is 1. The molecule has 32 heavy (non-hydrogen) atoms. The Hall–Kier alpha value is -2.09. The van der Waals surface area contributed by atoms with Crippen LogP contribution in [0.2, 0.25) is 5.02 Å². The summed E-state index contributed by atoms with van der Waals surface area (Å²) >= 11 is 10.5. The first kappa shape index (κ1) is 24.6. The predicted octanol–water partition coefficient (Wildman–Crippen LogP) is 7.29. The molecule has 0 saturated carbocycles. The van der Waals surface area contributed by atoms with Gasteiger partial charge in [0.05, 0.1) is 7.14 Å². The van der Waals surface area contributed by atoms with Crippen molar-refractivity contribution < 1.29 is 9.53 Å². The van der Waals surface area contributed by atoms with Crippen LogP contribution in [-0.4, -0.2) is 5.91 Å². The minimum Gasteiger partial charge on any atom is -0.487 e. The molecule has 0 unspecified atom stereocenters. The summed E-state index contributed by atoms with van der Waals surface area (Å²) in [4.78, 5) is 12.6. The van der Waals surface area contributed by atoms with E-state index in [4.69, 9.17) is 16.3 Å². The molecule has 0 aromatic heterocycles. The van der Waals surface area contributed by atoms with Gasteiger partial charge in [-0.2, -0.15) is 5.26 Å². The van der Waals surface area contributed by atoms with Gasteiger partial charge in [-0.05, 0) is 106 Å². The SMILES string of the molecule is Cc1ccc(COc2c(I)cc(/C=C(/C#N)C(=O)Nc3ccc(C)c(Cl)c3)cc2I)cc1. The van der Waals surface area contributed by atoms with Gasteiger partial charge < -0.3 is 10.1 Å². The molecule has 0 atom stereocenters. The number of carbonyl (C=O) groups is 1. The third-order valence-electron chi connectivity index (χ3n) is 4.63. The molecule has 1 N–H and O–H groups in total. The Morgan fingerprint density at radius 2 is 1.75 bits per heavy atom. The molecule has 0 aliphatic heterocycles. The average Bonchev–Trinajstić information content (AvgIpc) is 2.75. The number of ether oxygens (including phenoxy) is 1. The van der Waals surface area contributed by atoms with Crippen molar-refractivity contribution in [1.82, 2.24) is 0 Å². The van der Waals surface area contributed by atoms with E-state index in [9.17, 15) is 10.1 Å². The number of nitrogens with zero attached hydrogens (tertiary/aromatic N) is 1. The highest BCUT2D eigenvalue weighted by Crippen LogP contribution is 2.31. The monoisotopic (exact) mass is 668 g/mol. The van der Waals surface area contributed by atoms with Crippen LogP contribution >= 0.6 is 56.8 Å². The van der Waals surface area contributed by atoms with E-state index in [-0.39, 0.29) is 5.57 Å². The van der Waals surface area contributed by atoms with Gasteiger partial charge in [0.2, 0.25) is 0 Å². The van der Waals surface area contributed by atoms with E-state index in [1.807, 2.05) is 43.3 Å². The summed E-state index contributed by atoms with van der Waals surface area (Å²) in [7, 11) is 0. The van der Waals surface area contributed by atoms with Gasteiger partial charge in [-0.3, -0.25) is 4.79 Å². The summed E-state index contributed by atoms with van der Waals surface area (Å²) < 4.78 is 7.83. The van der Waals surface area contributed by atoms with Crippen molar-refractivity contribution in [1.29, 1.82) is 5.26 Å². The van der Waals surface area contributed by atoms with E-state index >= 15 is 0 Å². The summed E-state index contributed by atoms with van der Waals surface area (Å²) in [5, 5.41) is 12.8. The minimum absolute atomic E-state index is 0.00150. The van der Waals surface area contributed by atoms with Gasteiger partial charge >= 0.3 is 0 Å². The normalized spacial score (nSPS) is 11.1. The number of hydrogen-bond donors (Lipinski definition) is 1. The van der Waals surface area contributed by atoms with Crippen LogP contribution in [0, 0.1) is 32.3 Å². The number of nitriles is 1. The van der Waals surface area contributed by atoms with Crippen LogP contribution in [0.5, 0.6) is 5.75 Å². The number of anilines is 1. The van der Waals surface area contributed by atoms with Crippen molar-refractivity contribution in [3.63, 3.8) is 0 Å². The van der Waals surface area contributed by atoms with Gasteiger partial charge in [0, 0.05) is 10.7 Å². The second-order valence-electron chi connectivity index (χ2n) is 7.18. The van der Waals surface area contributed by atoms with Crippen LogP contribution in [0.15, 0.2) is 60.2 Å². The Morgan fingerprint density at radius 1 is 1.09 bits per heavy atom. The number of amides is 1. The molecular weight excluding hydrogens is 650 g/mol. The molecule has 3 aromatic carbocycles. The van der Waals surface area contributed by atoms with Crippen molar-refractivity contribution in [2.24, 2.45) is 0 Å². The highest BCUT2D eigenvalue weighted by molar-refractivity contribution is 14.1. The second-order valence-corrected chi connectivity index (χ2v) is 9.91. The molecule has 0 aliphatic rings. The van der Waals surface area contributed by atoms with Gasteiger partial charge in [-0.1, -0.05) is 47.5 Å². The van der Waals surface area contributed by atoms with Crippen molar-refractivity contribution in [3.8, 4) is 11.8 Å². The van der Waals surface area contributed by atoms with Crippen molar-refractivity contribution in [3.05, 3.63) is 94.6 Å². The van der Waals surface area contributed by atoms with Gasteiger partial charge in [-0.25, -0.2) is 0 Å². The smallest absolute Gasteiger partial charge is 0.266 e. The topological polar surface area (TPSA) is 62.1 Å². The highest BCUT2D eigenvalue weighted by atomic mass is 127. The van der Waals surface area contributed by atoms with Gasteiger partial charge in [0.25, 0.3) is 5.91 Å². The number of aryl methyl sites for hydroxylation is 2. The molecule has 4 nitrogen and oxygen atoms in total. The van der Waals surface area contributed by atoms with Crippen molar-refractivity contribution in [2.75, 3.05) is 5.32 Å². The van der Waals surface area contributed by atoms with Gasteiger partial charge in [-0.15, -0.1) is 0 Å². The number of halogens is 3. The first-order valence-electron chi connectivity index (χ1n) is 9.63. The Labute approximate surface area is 219 Å². The Bertz CT molecular complexity index is 1210. The Kier molecular flexibility index (Phi) is 8.57. The zero-order valence-corrected chi connectivity index (χ0v) is 22.4. The van der Waals surface area contributed by atoms with Crippen LogP contribution in [0.25, 0.3) is 6.08 Å². The largest absolute Gasteiger partial charge is 0.487 e. The van der Waals surface area contributed by atoms with E-state index in [1.54, 1.807) is 18.2 Å².